The highest BCUT2D eigenvalue weighted by molar-refractivity contribution is 5.27. The molecule has 0 amide bonds. The van der Waals surface area contributed by atoms with Crippen molar-refractivity contribution in [3.63, 3.8) is 0 Å². The Bertz CT molecular complexity index is 357. The minimum absolute atomic E-state index is 0.740. The zero-order chi connectivity index (χ0) is 12.2. The normalized spacial score (nSPS) is 31.2. The molecule has 2 N–H and O–H groups in total. The summed E-state index contributed by atoms with van der Waals surface area (Å²) < 4.78 is 0. The maximum atomic E-state index is 3.72. The number of benzene rings is 1. The SMILES string of the molecule is c1ccc(C2CC2NCCC2CCCNC2)cc1. The van der Waals surface area contributed by atoms with Crippen LogP contribution in [0.4, 0.5) is 0 Å². The highest BCUT2D eigenvalue weighted by Crippen LogP contribution is 2.40. The molecular weight excluding hydrogens is 220 g/mol. The van der Waals surface area contributed by atoms with Crippen molar-refractivity contribution >= 4 is 0 Å². The maximum absolute atomic E-state index is 3.72. The predicted octanol–water partition coefficient (Wildman–Crippen LogP) is 2.52. The molecule has 1 heterocycles. The summed E-state index contributed by atoms with van der Waals surface area (Å²) in [5, 5.41) is 7.22. The first-order valence-electron chi connectivity index (χ1n) is 7.42. The van der Waals surface area contributed by atoms with E-state index in [9.17, 15) is 0 Å². The highest BCUT2D eigenvalue weighted by Gasteiger charge is 2.37. The summed E-state index contributed by atoms with van der Waals surface area (Å²) in [7, 11) is 0. The van der Waals surface area contributed by atoms with E-state index in [0.29, 0.717) is 0 Å². The van der Waals surface area contributed by atoms with Gasteiger partial charge in [0.2, 0.25) is 0 Å². The zero-order valence-corrected chi connectivity index (χ0v) is 11.1. The molecule has 3 unspecified atom stereocenters. The monoisotopic (exact) mass is 244 g/mol. The molecule has 0 bridgehead atoms. The fraction of sp³-hybridized carbons (Fsp3) is 0.625. The van der Waals surface area contributed by atoms with Crippen LogP contribution in [-0.2, 0) is 0 Å². The summed E-state index contributed by atoms with van der Waals surface area (Å²) in [5.41, 5.74) is 1.51. The van der Waals surface area contributed by atoms with Gasteiger partial charge in [0.1, 0.15) is 0 Å². The number of hydrogen-bond acceptors (Lipinski definition) is 2. The van der Waals surface area contributed by atoms with Gasteiger partial charge in [-0.1, -0.05) is 30.3 Å². The van der Waals surface area contributed by atoms with E-state index in [1.807, 2.05) is 0 Å². The van der Waals surface area contributed by atoms with Crippen LogP contribution in [0.15, 0.2) is 30.3 Å². The Hall–Kier alpha value is -0.860. The molecule has 3 atom stereocenters. The van der Waals surface area contributed by atoms with Gasteiger partial charge in [-0.15, -0.1) is 0 Å². The van der Waals surface area contributed by atoms with Gasteiger partial charge in [0.05, 0.1) is 0 Å². The molecule has 1 aliphatic carbocycles. The Morgan fingerprint density at radius 3 is 2.89 bits per heavy atom. The lowest BCUT2D eigenvalue weighted by Gasteiger charge is -2.22. The van der Waals surface area contributed by atoms with Crippen LogP contribution in [0.2, 0.25) is 0 Å². The molecule has 18 heavy (non-hydrogen) atoms. The molecule has 2 heteroatoms. The minimum Gasteiger partial charge on any atom is -0.316 e. The number of nitrogens with one attached hydrogen (secondary N) is 2. The van der Waals surface area contributed by atoms with Gasteiger partial charge in [-0.3, -0.25) is 0 Å². The van der Waals surface area contributed by atoms with E-state index in [1.54, 1.807) is 0 Å². The molecule has 0 spiro atoms. The van der Waals surface area contributed by atoms with Crippen LogP contribution in [0.25, 0.3) is 0 Å². The quantitative estimate of drug-likeness (QED) is 0.831. The second kappa shape index (κ2) is 5.85. The van der Waals surface area contributed by atoms with Crippen molar-refractivity contribution < 1.29 is 0 Å². The van der Waals surface area contributed by atoms with Crippen LogP contribution in [-0.4, -0.2) is 25.7 Å². The molecule has 98 valence electrons. The third kappa shape index (κ3) is 3.12. The summed E-state index contributed by atoms with van der Waals surface area (Å²) in [6.07, 6.45) is 5.44. The van der Waals surface area contributed by atoms with Crippen LogP contribution < -0.4 is 10.6 Å². The zero-order valence-electron chi connectivity index (χ0n) is 11.1. The first-order valence-corrected chi connectivity index (χ1v) is 7.42. The van der Waals surface area contributed by atoms with Crippen LogP contribution in [0.3, 0.4) is 0 Å². The van der Waals surface area contributed by atoms with E-state index < -0.39 is 0 Å². The lowest BCUT2D eigenvalue weighted by molar-refractivity contribution is 0.351. The molecule has 2 nitrogen and oxygen atoms in total. The molecule has 1 aromatic rings. The molecule has 2 fully saturated rings. The molecule has 1 aliphatic heterocycles. The Morgan fingerprint density at radius 2 is 2.11 bits per heavy atom. The van der Waals surface area contributed by atoms with Crippen molar-refractivity contribution in [2.45, 2.75) is 37.6 Å². The van der Waals surface area contributed by atoms with Gasteiger partial charge in [0.15, 0.2) is 0 Å². The van der Waals surface area contributed by atoms with Crippen molar-refractivity contribution in [3.8, 4) is 0 Å². The van der Waals surface area contributed by atoms with Gasteiger partial charge in [0.25, 0.3) is 0 Å². The van der Waals surface area contributed by atoms with E-state index in [1.165, 1.54) is 50.9 Å². The number of rotatable bonds is 5. The molecule has 3 rings (SSSR count). The van der Waals surface area contributed by atoms with Crippen molar-refractivity contribution in [1.29, 1.82) is 0 Å². The molecule has 1 saturated carbocycles. The van der Waals surface area contributed by atoms with Crippen LogP contribution in [0, 0.1) is 5.92 Å². The average Bonchev–Trinajstić information content (AvgIpc) is 3.21. The third-order valence-corrected chi connectivity index (χ3v) is 4.38. The van der Waals surface area contributed by atoms with Crippen LogP contribution in [0.1, 0.15) is 37.2 Å². The van der Waals surface area contributed by atoms with E-state index in [2.05, 4.69) is 41.0 Å². The number of piperidine rings is 1. The molecule has 0 radical (unpaired) electrons. The summed E-state index contributed by atoms with van der Waals surface area (Å²) in [6, 6.07) is 11.7. The third-order valence-electron chi connectivity index (χ3n) is 4.38. The van der Waals surface area contributed by atoms with Gasteiger partial charge in [-0.25, -0.2) is 0 Å². The van der Waals surface area contributed by atoms with Crippen molar-refractivity contribution in [1.82, 2.24) is 10.6 Å². The first kappa shape index (κ1) is 12.2. The van der Waals surface area contributed by atoms with Gasteiger partial charge in [0, 0.05) is 12.0 Å². The maximum Gasteiger partial charge on any atom is 0.0143 e. The van der Waals surface area contributed by atoms with E-state index in [0.717, 1.165) is 17.9 Å². The molecular formula is C16H24N2. The van der Waals surface area contributed by atoms with Crippen LogP contribution in [0.5, 0.6) is 0 Å². The second-order valence-corrected chi connectivity index (χ2v) is 5.81. The molecule has 0 aromatic heterocycles. The fourth-order valence-corrected chi connectivity index (χ4v) is 3.13. The lowest BCUT2D eigenvalue weighted by atomic mass is 9.96. The van der Waals surface area contributed by atoms with Crippen molar-refractivity contribution in [3.05, 3.63) is 35.9 Å². The van der Waals surface area contributed by atoms with Gasteiger partial charge < -0.3 is 10.6 Å². The Balaban J connectivity index is 1.36. The minimum atomic E-state index is 0.740. The van der Waals surface area contributed by atoms with Gasteiger partial charge >= 0.3 is 0 Å². The summed E-state index contributed by atoms with van der Waals surface area (Å²) in [6.45, 7) is 3.65. The van der Waals surface area contributed by atoms with E-state index >= 15 is 0 Å². The summed E-state index contributed by atoms with van der Waals surface area (Å²) in [4.78, 5) is 0. The summed E-state index contributed by atoms with van der Waals surface area (Å²) in [5.74, 6) is 1.68. The fourth-order valence-electron chi connectivity index (χ4n) is 3.13. The van der Waals surface area contributed by atoms with Crippen molar-refractivity contribution in [2.75, 3.05) is 19.6 Å². The summed E-state index contributed by atoms with van der Waals surface area (Å²) >= 11 is 0. The lowest BCUT2D eigenvalue weighted by Crippen LogP contribution is -2.32. The molecule has 1 aromatic carbocycles. The van der Waals surface area contributed by atoms with Crippen molar-refractivity contribution in [2.24, 2.45) is 5.92 Å². The Labute approximate surface area is 110 Å². The first-order chi connectivity index (χ1) is 8.93. The van der Waals surface area contributed by atoms with E-state index in [-0.39, 0.29) is 0 Å². The predicted molar refractivity (Wildman–Crippen MR) is 75.8 cm³/mol. The molecule has 2 aliphatic rings. The topological polar surface area (TPSA) is 24.1 Å². The largest absolute Gasteiger partial charge is 0.316 e. The molecule has 1 saturated heterocycles. The second-order valence-electron chi connectivity index (χ2n) is 5.81. The average molecular weight is 244 g/mol. The highest BCUT2D eigenvalue weighted by atomic mass is 15.0. The van der Waals surface area contributed by atoms with Gasteiger partial charge in [-0.2, -0.15) is 0 Å². The number of hydrogen-bond donors (Lipinski definition) is 2. The standard InChI is InChI=1S/C16H24N2/c1-2-6-14(7-3-1)15-11-16(15)18-10-8-13-5-4-9-17-12-13/h1-3,6-7,13,15-18H,4-5,8-12H2. The smallest absolute Gasteiger partial charge is 0.0143 e. The van der Waals surface area contributed by atoms with Crippen LogP contribution >= 0.6 is 0 Å². The Morgan fingerprint density at radius 1 is 1.22 bits per heavy atom. The van der Waals surface area contributed by atoms with E-state index in [4.69, 9.17) is 0 Å². The van der Waals surface area contributed by atoms with Gasteiger partial charge in [-0.05, 0) is 56.8 Å². The Kier molecular flexibility index (Phi) is 3.96.